The molecule has 1 saturated carbocycles. The Labute approximate surface area is 106 Å². The maximum Gasteiger partial charge on any atom is 0.323 e. The van der Waals surface area contributed by atoms with Crippen LogP contribution in [0.4, 0.5) is 0 Å². The van der Waals surface area contributed by atoms with Crippen LogP contribution in [0.1, 0.15) is 31.1 Å². The minimum Gasteiger partial charge on any atom is -0.465 e. The molecule has 1 unspecified atom stereocenters. The van der Waals surface area contributed by atoms with Crippen LogP contribution in [0, 0.1) is 5.92 Å². The summed E-state index contributed by atoms with van der Waals surface area (Å²) in [4.78, 5) is 13.1. The third kappa shape index (κ3) is 3.30. The summed E-state index contributed by atoms with van der Waals surface area (Å²) in [5.74, 6) is 0.378. The summed E-state index contributed by atoms with van der Waals surface area (Å²) in [5, 5.41) is 5.40. The van der Waals surface area contributed by atoms with Gasteiger partial charge >= 0.3 is 5.97 Å². The lowest BCUT2D eigenvalue weighted by Gasteiger charge is -2.32. The van der Waals surface area contributed by atoms with E-state index in [1.165, 1.54) is 11.3 Å². The highest BCUT2D eigenvalue weighted by Gasteiger charge is 2.33. The summed E-state index contributed by atoms with van der Waals surface area (Å²) in [7, 11) is 0. The highest BCUT2D eigenvalue weighted by molar-refractivity contribution is 7.09. The molecule has 3 nitrogen and oxygen atoms in total. The predicted molar refractivity (Wildman–Crippen MR) is 68.9 cm³/mol. The number of hydrogen-bond acceptors (Lipinski definition) is 4. The molecule has 0 spiro atoms. The van der Waals surface area contributed by atoms with Gasteiger partial charge in [-0.2, -0.15) is 0 Å². The minimum atomic E-state index is -0.120. The van der Waals surface area contributed by atoms with Gasteiger partial charge in [-0.25, -0.2) is 0 Å². The molecule has 1 aliphatic rings. The molecule has 94 valence electrons. The van der Waals surface area contributed by atoms with E-state index in [2.05, 4.69) is 16.8 Å². The van der Waals surface area contributed by atoms with Crippen molar-refractivity contribution in [2.75, 3.05) is 6.61 Å². The average Bonchev–Trinajstić information content (AvgIpc) is 2.74. The van der Waals surface area contributed by atoms with Crippen molar-refractivity contribution in [2.24, 2.45) is 5.92 Å². The molecule has 17 heavy (non-hydrogen) atoms. The number of ether oxygens (including phenoxy) is 1. The Kier molecular flexibility index (Phi) is 4.57. The Hall–Kier alpha value is -0.870. The molecule has 0 saturated heterocycles. The second kappa shape index (κ2) is 6.17. The maximum absolute atomic E-state index is 11.9. The molecule has 1 fully saturated rings. The molecule has 0 aromatic carbocycles. The van der Waals surface area contributed by atoms with Crippen molar-refractivity contribution in [1.82, 2.24) is 5.32 Å². The van der Waals surface area contributed by atoms with E-state index in [1.807, 2.05) is 13.0 Å². The van der Waals surface area contributed by atoms with Crippen molar-refractivity contribution >= 4 is 17.3 Å². The van der Waals surface area contributed by atoms with Gasteiger partial charge in [-0.3, -0.25) is 10.1 Å². The Morgan fingerprint density at radius 3 is 3.00 bits per heavy atom. The van der Waals surface area contributed by atoms with Crippen LogP contribution < -0.4 is 5.32 Å². The van der Waals surface area contributed by atoms with Crippen molar-refractivity contribution in [3.8, 4) is 0 Å². The molecule has 0 bridgehead atoms. The van der Waals surface area contributed by atoms with Gasteiger partial charge in [0.05, 0.1) is 6.61 Å². The second-order valence-corrected chi connectivity index (χ2v) is 5.41. The Bertz CT molecular complexity index is 346. The first-order chi connectivity index (χ1) is 8.31. The van der Waals surface area contributed by atoms with E-state index in [0.717, 1.165) is 19.4 Å². The maximum atomic E-state index is 11.9. The first kappa shape index (κ1) is 12.6. The number of esters is 1. The van der Waals surface area contributed by atoms with E-state index < -0.39 is 0 Å². The standard InChI is InChI=1S/C13H19NO2S/c1-2-16-13(15)12(10-5-3-6-10)14-9-11-7-4-8-17-11/h4,7-8,10,12,14H,2-3,5-6,9H2,1H3. The lowest BCUT2D eigenvalue weighted by Crippen LogP contribution is -2.46. The number of thiophene rings is 1. The van der Waals surface area contributed by atoms with Gasteiger partial charge < -0.3 is 4.74 Å². The van der Waals surface area contributed by atoms with Gasteiger partial charge in [0.15, 0.2) is 0 Å². The first-order valence-electron chi connectivity index (χ1n) is 6.23. The van der Waals surface area contributed by atoms with Crippen molar-refractivity contribution in [2.45, 2.75) is 38.8 Å². The molecule has 1 atom stereocenters. The molecule has 2 rings (SSSR count). The lowest BCUT2D eigenvalue weighted by molar-refractivity contribution is -0.148. The molecule has 1 aromatic rings. The summed E-state index contributed by atoms with van der Waals surface area (Å²) >= 11 is 1.71. The number of carbonyl (C=O) groups is 1. The van der Waals surface area contributed by atoms with Crippen molar-refractivity contribution in [3.63, 3.8) is 0 Å². The molecule has 1 N–H and O–H groups in total. The normalized spacial score (nSPS) is 17.5. The number of hydrogen-bond donors (Lipinski definition) is 1. The van der Waals surface area contributed by atoms with Gasteiger partial charge in [0.2, 0.25) is 0 Å². The molecular weight excluding hydrogens is 234 g/mol. The largest absolute Gasteiger partial charge is 0.465 e. The van der Waals surface area contributed by atoms with Gasteiger partial charge in [0.1, 0.15) is 6.04 Å². The van der Waals surface area contributed by atoms with Crippen molar-refractivity contribution in [1.29, 1.82) is 0 Å². The van der Waals surface area contributed by atoms with E-state index in [9.17, 15) is 4.79 Å². The SMILES string of the molecule is CCOC(=O)C(NCc1cccs1)C1CCC1. The molecule has 1 heterocycles. The quantitative estimate of drug-likeness (QED) is 0.792. The van der Waals surface area contributed by atoms with Crippen LogP contribution in [-0.2, 0) is 16.1 Å². The van der Waals surface area contributed by atoms with Crippen molar-refractivity contribution < 1.29 is 9.53 Å². The Morgan fingerprint density at radius 2 is 2.47 bits per heavy atom. The Balaban J connectivity index is 1.88. The second-order valence-electron chi connectivity index (χ2n) is 4.38. The predicted octanol–water partition coefficient (Wildman–Crippen LogP) is 2.57. The number of carbonyl (C=O) groups excluding carboxylic acids is 1. The summed E-state index contributed by atoms with van der Waals surface area (Å²) in [6, 6.07) is 4.00. The van der Waals surface area contributed by atoms with Gasteiger partial charge in [0.25, 0.3) is 0 Å². The van der Waals surface area contributed by atoms with Crippen LogP contribution in [0.15, 0.2) is 17.5 Å². The van der Waals surface area contributed by atoms with Gasteiger partial charge in [0, 0.05) is 11.4 Å². The van der Waals surface area contributed by atoms with Crippen LogP contribution in [0.5, 0.6) is 0 Å². The molecule has 0 radical (unpaired) electrons. The third-order valence-corrected chi connectivity index (χ3v) is 4.11. The van der Waals surface area contributed by atoms with Gasteiger partial charge in [-0.1, -0.05) is 12.5 Å². The van der Waals surface area contributed by atoms with Crippen LogP contribution in [0.2, 0.25) is 0 Å². The molecule has 0 amide bonds. The van der Waals surface area contributed by atoms with Crippen LogP contribution in [-0.4, -0.2) is 18.6 Å². The van der Waals surface area contributed by atoms with Crippen LogP contribution >= 0.6 is 11.3 Å². The number of rotatable bonds is 6. The lowest BCUT2D eigenvalue weighted by atomic mass is 9.79. The molecule has 1 aromatic heterocycles. The summed E-state index contributed by atoms with van der Waals surface area (Å²) < 4.78 is 5.13. The highest BCUT2D eigenvalue weighted by atomic mass is 32.1. The van der Waals surface area contributed by atoms with E-state index in [-0.39, 0.29) is 12.0 Å². The topological polar surface area (TPSA) is 38.3 Å². The zero-order chi connectivity index (χ0) is 12.1. The van der Waals surface area contributed by atoms with Crippen LogP contribution in [0.25, 0.3) is 0 Å². The molecular formula is C13H19NO2S. The van der Waals surface area contributed by atoms with Gasteiger partial charge in [-0.15, -0.1) is 11.3 Å². The zero-order valence-electron chi connectivity index (χ0n) is 10.1. The summed E-state index contributed by atoms with van der Waals surface area (Å²) in [6.45, 7) is 3.08. The fourth-order valence-corrected chi connectivity index (χ4v) is 2.73. The molecule has 4 heteroatoms. The third-order valence-electron chi connectivity index (χ3n) is 3.24. The van der Waals surface area contributed by atoms with Crippen molar-refractivity contribution in [3.05, 3.63) is 22.4 Å². The Morgan fingerprint density at radius 1 is 1.65 bits per heavy atom. The summed E-state index contributed by atoms with van der Waals surface area (Å²) in [6.07, 6.45) is 3.52. The number of nitrogens with one attached hydrogen (secondary N) is 1. The van der Waals surface area contributed by atoms with E-state index in [4.69, 9.17) is 4.74 Å². The van der Waals surface area contributed by atoms with E-state index in [1.54, 1.807) is 11.3 Å². The molecule has 0 aliphatic heterocycles. The average molecular weight is 253 g/mol. The fraction of sp³-hybridized carbons (Fsp3) is 0.615. The first-order valence-corrected chi connectivity index (χ1v) is 7.11. The fourth-order valence-electron chi connectivity index (χ4n) is 2.07. The van der Waals surface area contributed by atoms with E-state index in [0.29, 0.717) is 12.5 Å². The van der Waals surface area contributed by atoms with E-state index >= 15 is 0 Å². The van der Waals surface area contributed by atoms with Gasteiger partial charge in [-0.05, 0) is 37.1 Å². The smallest absolute Gasteiger partial charge is 0.323 e. The summed E-state index contributed by atoms with van der Waals surface area (Å²) in [5.41, 5.74) is 0. The van der Waals surface area contributed by atoms with Crippen LogP contribution in [0.3, 0.4) is 0 Å². The molecule has 1 aliphatic carbocycles. The highest BCUT2D eigenvalue weighted by Crippen LogP contribution is 2.30. The zero-order valence-corrected chi connectivity index (χ0v) is 11.0. The minimum absolute atomic E-state index is 0.0891. The monoisotopic (exact) mass is 253 g/mol.